The molecule has 0 aromatic carbocycles. The topological polar surface area (TPSA) is 46.5 Å². The van der Waals surface area contributed by atoms with E-state index >= 15 is 0 Å². The summed E-state index contributed by atoms with van der Waals surface area (Å²) in [6, 6.07) is 0. The predicted octanol–water partition coefficient (Wildman–Crippen LogP) is 6.91. The molecule has 0 aliphatic heterocycles. The zero-order valence-corrected chi connectivity index (χ0v) is 16.0. The quantitative estimate of drug-likeness (QED) is 0.246. The second kappa shape index (κ2) is 14.6. The van der Waals surface area contributed by atoms with Gasteiger partial charge in [0.25, 0.3) is 0 Å². The molecule has 1 atom stereocenters. The standard InChI is InChI=1S/C18H37O3P/c1-4-7-10-13-16-18(21-22(19)20,15-12-9-6-3)17-14-11-8-5-2/h4-17H2,1-3H3/p+1. The molecule has 0 aliphatic carbocycles. The first kappa shape index (κ1) is 22.0. The van der Waals surface area contributed by atoms with Crippen LogP contribution in [0.4, 0.5) is 0 Å². The zero-order chi connectivity index (χ0) is 16.7. The second-order valence-corrected chi connectivity index (χ2v) is 7.25. The van der Waals surface area contributed by atoms with Crippen LogP contribution in [-0.4, -0.2) is 10.5 Å². The largest absolute Gasteiger partial charge is 0.695 e. The number of unbranched alkanes of at least 4 members (excludes halogenated alkanes) is 8. The molecule has 0 aromatic heterocycles. The Kier molecular flexibility index (Phi) is 14.6. The van der Waals surface area contributed by atoms with Gasteiger partial charge in [0.2, 0.25) is 0 Å². The van der Waals surface area contributed by atoms with Gasteiger partial charge in [-0.25, -0.2) is 0 Å². The van der Waals surface area contributed by atoms with Crippen LogP contribution in [0.1, 0.15) is 111 Å². The monoisotopic (exact) mass is 333 g/mol. The molecule has 0 aliphatic rings. The Morgan fingerprint density at radius 3 is 1.45 bits per heavy atom. The van der Waals surface area contributed by atoms with Gasteiger partial charge in [0.1, 0.15) is 5.60 Å². The van der Waals surface area contributed by atoms with Crippen molar-refractivity contribution < 1.29 is 14.0 Å². The van der Waals surface area contributed by atoms with Crippen molar-refractivity contribution in [3.05, 3.63) is 0 Å². The van der Waals surface area contributed by atoms with Crippen molar-refractivity contribution in [2.75, 3.05) is 0 Å². The van der Waals surface area contributed by atoms with Gasteiger partial charge in [0, 0.05) is 4.57 Å². The fourth-order valence-corrected chi connectivity index (χ4v) is 3.73. The molecule has 0 saturated carbocycles. The van der Waals surface area contributed by atoms with Crippen LogP contribution in [0.3, 0.4) is 0 Å². The van der Waals surface area contributed by atoms with E-state index in [0.29, 0.717) is 0 Å². The van der Waals surface area contributed by atoms with Crippen molar-refractivity contribution in [2.24, 2.45) is 0 Å². The van der Waals surface area contributed by atoms with Crippen LogP contribution in [0.2, 0.25) is 0 Å². The molecule has 0 radical (unpaired) electrons. The zero-order valence-electron chi connectivity index (χ0n) is 15.1. The lowest BCUT2D eigenvalue weighted by Crippen LogP contribution is -2.30. The van der Waals surface area contributed by atoms with Gasteiger partial charge in [-0.1, -0.05) is 91.4 Å². The average molecular weight is 333 g/mol. The summed E-state index contributed by atoms with van der Waals surface area (Å²) in [5.74, 6) is 0. The van der Waals surface area contributed by atoms with Gasteiger partial charge in [-0.15, -0.1) is 9.42 Å². The number of rotatable bonds is 16. The van der Waals surface area contributed by atoms with E-state index < -0.39 is 8.25 Å². The first-order valence-corrected chi connectivity index (χ1v) is 10.6. The minimum atomic E-state index is -2.51. The molecule has 1 unspecified atom stereocenters. The molecule has 0 fully saturated rings. The smallest absolute Gasteiger partial charge is 0.133 e. The molecular weight excluding hydrogens is 295 g/mol. The highest BCUT2D eigenvalue weighted by molar-refractivity contribution is 7.32. The highest BCUT2D eigenvalue weighted by Gasteiger charge is 2.38. The van der Waals surface area contributed by atoms with Crippen LogP contribution < -0.4 is 0 Å². The van der Waals surface area contributed by atoms with E-state index in [4.69, 9.17) is 4.52 Å². The fraction of sp³-hybridized carbons (Fsp3) is 1.00. The lowest BCUT2D eigenvalue weighted by molar-refractivity contribution is 0.0308. The van der Waals surface area contributed by atoms with Gasteiger partial charge in [0.05, 0.1) is 0 Å². The molecule has 22 heavy (non-hydrogen) atoms. The molecule has 0 rings (SSSR count). The number of hydrogen-bond acceptors (Lipinski definition) is 2. The Morgan fingerprint density at radius 2 is 1.09 bits per heavy atom. The molecule has 0 saturated heterocycles. The molecule has 132 valence electrons. The molecule has 0 bridgehead atoms. The minimum Gasteiger partial charge on any atom is -0.133 e. The molecule has 4 heteroatoms. The third-order valence-electron chi connectivity index (χ3n) is 4.48. The van der Waals surface area contributed by atoms with Crippen molar-refractivity contribution in [3.8, 4) is 0 Å². The van der Waals surface area contributed by atoms with Gasteiger partial charge in [-0.3, -0.25) is 0 Å². The van der Waals surface area contributed by atoms with E-state index in [9.17, 15) is 9.46 Å². The summed E-state index contributed by atoms with van der Waals surface area (Å²) < 4.78 is 17.0. The van der Waals surface area contributed by atoms with Crippen molar-refractivity contribution in [1.29, 1.82) is 0 Å². The van der Waals surface area contributed by atoms with Crippen molar-refractivity contribution >= 4 is 8.25 Å². The fourth-order valence-electron chi connectivity index (χ4n) is 3.12. The van der Waals surface area contributed by atoms with Gasteiger partial charge >= 0.3 is 8.25 Å². The average Bonchev–Trinajstić information content (AvgIpc) is 2.48. The lowest BCUT2D eigenvalue weighted by atomic mass is 9.85. The van der Waals surface area contributed by atoms with E-state index in [1.807, 2.05) is 0 Å². The van der Waals surface area contributed by atoms with Gasteiger partial charge in [-0.05, 0) is 19.3 Å². The summed E-state index contributed by atoms with van der Waals surface area (Å²) in [7, 11) is -2.51. The Balaban J connectivity index is 4.60. The van der Waals surface area contributed by atoms with E-state index in [2.05, 4.69) is 20.8 Å². The Bertz CT molecular complexity index is 257. The van der Waals surface area contributed by atoms with E-state index in [-0.39, 0.29) is 5.60 Å². The van der Waals surface area contributed by atoms with Gasteiger partial charge in [0.15, 0.2) is 0 Å². The van der Waals surface area contributed by atoms with Crippen LogP contribution in [0.5, 0.6) is 0 Å². The first-order chi connectivity index (χ1) is 10.6. The van der Waals surface area contributed by atoms with Crippen LogP contribution in [-0.2, 0) is 9.09 Å². The van der Waals surface area contributed by atoms with Crippen LogP contribution in [0, 0.1) is 0 Å². The molecule has 0 amide bonds. The van der Waals surface area contributed by atoms with Crippen LogP contribution in [0.15, 0.2) is 0 Å². The Hall–Kier alpha value is 0.0200. The molecule has 3 nitrogen and oxygen atoms in total. The van der Waals surface area contributed by atoms with Crippen molar-refractivity contribution in [2.45, 2.75) is 116 Å². The SMILES string of the molecule is CCCCCCC(CCCCC)(CCCCCC)O[P+](=O)O. The summed E-state index contributed by atoms with van der Waals surface area (Å²) >= 11 is 0. The van der Waals surface area contributed by atoms with Crippen LogP contribution >= 0.6 is 8.25 Å². The van der Waals surface area contributed by atoms with Crippen molar-refractivity contribution in [3.63, 3.8) is 0 Å². The summed E-state index contributed by atoms with van der Waals surface area (Å²) in [6.45, 7) is 6.61. The summed E-state index contributed by atoms with van der Waals surface area (Å²) in [5.41, 5.74) is -0.362. The molecular formula is C18H38O3P+. The maximum Gasteiger partial charge on any atom is 0.695 e. The molecule has 1 N–H and O–H groups in total. The maximum absolute atomic E-state index is 11.4. The number of hydrogen-bond donors (Lipinski definition) is 1. The Morgan fingerprint density at radius 1 is 0.727 bits per heavy atom. The highest BCUT2D eigenvalue weighted by Crippen LogP contribution is 2.39. The third kappa shape index (κ3) is 11.6. The molecule has 0 aromatic rings. The molecule has 0 heterocycles. The normalized spacial score (nSPS) is 12.6. The lowest BCUT2D eigenvalue weighted by Gasteiger charge is -2.28. The predicted molar refractivity (Wildman–Crippen MR) is 95.3 cm³/mol. The highest BCUT2D eigenvalue weighted by atomic mass is 31.1. The third-order valence-corrected chi connectivity index (χ3v) is 5.02. The van der Waals surface area contributed by atoms with Gasteiger partial charge in [-0.2, -0.15) is 0 Å². The van der Waals surface area contributed by atoms with Crippen LogP contribution in [0.25, 0.3) is 0 Å². The second-order valence-electron chi connectivity index (χ2n) is 6.59. The van der Waals surface area contributed by atoms with E-state index in [0.717, 1.165) is 38.5 Å². The molecule has 0 spiro atoms. The van der Waals surface area contributed by atoms with E-state index in [1.165, 1.54) is 51.4 Å². The summed E-state index contributed by atoms with van der Waals surface area (Å²) in [4.78, 5) is 9.34. The summed E-state index contributed by atoms with van der Waals surface area (Å²) in [5, 5.41) is 0. The van der Waals surface area contributed by atoms with Crippen molar-refractivity contribution in [1.82, 2.24) is 0 Å². The van der Waals surface area contributed by atoms with E-state index in [1.54, 1.807) is 0 Å². The Labute approximate surface area is 139 Å². The maximum atomic E-state index is 11.4. The first-order valence-electron chi connectivity index (χ1n) is 9.45. The van der Waals surface area contributed by atoms with Gasteiger partial charge < -0.3 is 0 Å². The minimum absolute atomic E-state index is 0.362. The summed E-state index contributed by atoms with van der Waals surface area (Å²) in [6.07, 6.45) is 15.8.